The molecule has 7 nitrogen and oxygen atoms in total. The van der Waals surface area contributed by atoms with Gasteiger partial charge in [-0.25, -0.2) is 0 Å². The van der Waals surface area contributed by atoms with E-state index in [2.05, 4.69) is 0 Å². The first-order valence-corrected chi connectivity index (χ1v) is 11.6. The van der Waals surface area contributed by atoms with Crippen LogP contribution in [0.4, 0.5) is 11.4 Å². The van der Waals surface area contributed by atoms with Crippen LogP contribution in [0.2, 0.25) is 5.02 Å². The summed E-state index contributed by atoms with van der Waals surface area (Å²) in [5.41, 5.74) is 1.13. The van der Waals surface area contributed by atoms with E-state index in [9.17, 15) is 19.2 Å². The van der Waals surface area contributed by atoms with E-state index in [1.165, 1.54) is 9.80 Å². The molecule has 2 saturated heterocycles. The summed E-state index contributed by atoms with van der Waals surface area (Å²) >= 11 is 6.02. The summed E-state index contributed by atoms with van der Waals surface area (Å²) in [5.74, 6) is -1.67. The van der Waals surface area contributed by atoms with Gasteiger partial charge in [0.1, 0.15) is 5.75 Å². The summed E-state index contributed by atoms with van der Waals surface area (Å²) < 4.78 is 5.49. The Kier molecular flexibility index (Phi) is 5.66. The van der Waals surface area contributed by atoms with Crippen LogP contribution < -0.4 is 14.5 Å². The standard InChI is InChI=1S/C25H23ClN2O5/c26-16-4-3-5-18(13-16)27-14-15(12-22(27)29)25(32)33-19-10-8-17(9-11-19)28-23(30)20-6-1-2-7-21(20)24(28)31/h3-5,8-11,13,15,20-21H,1-2,6-7,12,14H2/t15-,20-,21-/m1/s1. The molecule has 170 valence electrons. The number of carbonyl (C=O) groups is 4. The second kappa shape index (κ2) is 8.63. The number of carbonyl (C=O) groups excluding carboxylic acids is 4. The molecule has 3 atom stereocenters. The maximum atomic E-state index is 12.8. The van der Waals surface area contributed by atoms with Gasteiger partial charge in [-0.15, -0.1) is 0 Å². The van der Waals surface area contributed by atoms with Crippen molar-refractivity contribution in [2.45, 2.75) is 32.1 Å². The van der Waals surface area contributed by atoms with Crippen LogP contribution in [0, 0.1) is 17.8 Å². The van der Waals surface area contributed by atoms with E-state index < -0.39 is 11.9 Å². The summed E-state index contributed by atoms with van der Waals surface area (Å²) in [6, 6.07) is 13.3. The van der Waals surface area contributed by atoms with Crippen LogP contribution in [0.25, 0.3) is 0 Å². The number of nitrogens with zero attached hydrogens (tertiary/aromatic N) is 2. The highest BCUT2D eigenvalue weighted by Gasteiger charge is 2.48. The van der Waals surface area contributed by atoms with E-state index in [0.717, 1.165) is 25.7 Å². The largest absolute Gasteiger partial charge is 0.426 e. The monoisotopic (exact) mass is 466 g/mol. The average Bonchev–Trinajstić information content (AvgIpc) is 3.32. The summed E-state index contributed by atoms with van der Waals surface area (Å²) in [7, 11) is 0. The Balaban J connectivity index is 1.24. The lowest BCUT2D eigenvalue weighted by Crippen LogP contribution is -2.30. The number of esters is 1. The third kappa shape index (κ3) is 4.02. The van der Waals surface area contributed by atoms with Gasteiger partial charge >= 0.3 is 5.97 Å². The zero-order chi connectivity index (χ0) is 23.1. The Morgan fingerprint density at radius 3 is 2.21 bits per heavy atom. The highest BCUT2D eigenvalue weighted by molar-refractivity contribution is 6.31. The molecule has 2 heterocycles. The van der Waals surface area contributed by atoms with Crippen LogP contribution in [0.5, 0.6) is 5.75 Å². The van der Waals surface area contributed by atoms with Crippen LogP contribution in [-0.2, 0) is 19.2 Å². The van der Waals surface area contributed by atoms with E-state index in [0.29, 0.717) is 22.1 Å². The number of benzene rings is 2. The molecule has 0 spiro atoms. The minimum atomic E-state index is -0.596. The van der Waals surface area contributed by atoms with E-state index >= 15 is 0 Å². The Hall–Kier alpha value is -3.19. The number of imide groups is 1. The van der Waals surface area contributed by atoms with E-state index in [1.54, 1.807) is 48.5 Å². The molecule has 5 rings (SSSR count). The molecular formula is C25H23ClN2O5. The third-order valence-electron chi connectivity index (χ3n) is 6.73. The first-order valence-electron chi connectivity index (χ1n) is 11.2. The molecule has 3 amide bonds. The van der Waals surface area contributed by atoms with Gasteiger partial charge < -0.3 is 9.64 Å². The molecule has 2 aromatic rings. The molecule has 1 saturated carbocycles. The van der Waals surface area contributed by atoms with E-state index in [4.69, 9.17) is 16.3 Å². The first kappa shape index (κ1) is 21.6. The maximum absolute atomic E-state index is 12.8. The molecule has 0 radical (unpaired) electrons. The number of fused-ring (bicyclic) bond motifs is 1. The molecule has 0 aromatic heterocycles. The van der Waals surface area contributed by atoms with Crippen molar-refractivity contribution < 1.29 is 23.9 Å². The number of amides is 3. The highest BCUT2D eigenvalue weighted by Crippen LogP contribution is 2.40. The van der Waals surface area contributed by atoms with Gasteiger partial charge in [-0.3, -0.25) is 24.1 Å². The van der Waals surface area contributed by atoms with Crippen molar-refractivity contribution in [1.82, 2.24) is 0 Å². The number of anilines is 2. The van der Waals surface area contributed by atoms with Crippen LogP contribution in [0.1, 0.15) is 32.1 Å². The molecule has 0 N–H and O–H groups in total. The molecule has 0 bridgehead atoms. The Labute approximate surface area is 196 Å². The molecule has 3 fully saturated rings. The molecule has 1 aliphatic carbocycles. The SMILES string of the molecule is O=C(Oc1ccc(N2C(=O)[C@@H]3CCCC[C@H]3C2=O)cc1)[C@@H]1CC(=O)N(c2cccc(Cl)c2)C1. The number of hydrogen-bond acceptors (Lipinski definition) is 5. The van der Waals surface area contributed by atoms with Gasteiger partial charge in [0.2, 0.25) is 17.7 Å². The number of ether oxygens (including phenoxy) is 1. The average molecular weight is 467 g/mol. The lowest BCUT2D eigenvalue weighted by atomic mass is 9.81. The zero-order valence-electron chi connectivity index (χ0n) is 17.9. The van der Waals surface area contributed by atoms with Crippen LogP contribution in [-0.4, -0.2) is 30.2 Å². The fraction of sp³-hybridized carbons (Fsp3) is 0.360. The summed E-state index contributed by atoms with van der Waals surface area (Å²) in [6.07, 6.45) is 3.52. The normalized spacial score (nSPS) is 24.9. The molecule has 3 aliphatic rings. The predicted molar refractivity (Wildman–Crippen MR) is 122 cm³/mol. The van der Waals surface area contributed by atoms with Crippen LogP contribution >= 0.6 is 11.6 Å². The van der Waals surface area contributed by atoms with Gasteiger partial charge in [0, 0.05) is 23.7 Å². The minimum Gasteiger partial charge on any atom is -0.426 e. The van der Waals surface area contributed by atoms with E-state index in [1.807, 2.05) is 0 Å². The third-order valence-corrected chi connectivity index (χ3v) is 6.97. The molecule has 0 unspecified atom stereocenters. The van der Waals surface area contributed by atoms with Crippen molar-refractivity contribution in [2.75, 3.05) is 16.3 Å². The quantitative estimate of drug-likeness (QED) is 0.386. The van der Waals surface area contributed by atoms with Crippen molar-refractivity contribution in [1.29, 1.82) is 0 Å². The molecule has 33 heavy (non-hydrogen) atoms. The molecule has 2 aliphatic heterocycles. The predicted octanol–water partition coefficient (Wildman–Crippen LogP) is 3.98. The highest BCUT2D eigenvalue weighted by atomic mass is 35.5. The second-order valence-corrected chi connectivity index (χ2v) is 9.25. The van der Waals surface area contributed by atoms with Gasteiger partial charge in [0.25, 0.3) is 0 Å². The topological polar surface area (TPSA) is 84.0 Å². The number of halogens is 1. The van der Waals surface area contributed by atoms with Gasteiger partial charge in [0.15, 0.2) is 0 Å². The number of hydrogen-bond donors (Lipinski definition) is 0. The Morgan fingerprint density at radius 1 is 0.909 bits per heavy atom. The van der Waals surface area contributed by atoms with Crippen LogP contribution in [0.15, 0.2) is 48.5 Å². The fourth-order valence-corrected chi connectivity index (χ4v) is 5.22. The molecule has 8 heteroatoms. The molecular weight excluding hydrogens is 444 g/mol. The smallest absolute Gasteiger partial charge is 0.316 e. The van der Waals surface area contributed by atoms with Gasteiger partial charge in [-0.05, 0) is 55.3 Å². The molecule has 2 aromatic carbocycles. The van der Waals surface area contributed by atoms with Crippen LogP contribution in [0.3, 0.4) is 0 Å². The zero-order valence-corrected chi connectivity index (χ0v) is 18.7. The minimum absolute atomic E-state index is 0.0585. The lowest BCUT2D eigenvalue weighted by molar-refractivity contribution is -0.139. The maximum Gasteiger partial charge on any atom is 0.316 e. The summed E-state index contributed by atoms with van der Waals surface area (Å²) in [5, 5.41) is 0.514. The van der Waals surface area contributed by atoms with Gasteiger partial charge in [-0.2, -0.15) is 0 Å². The second-order valence-electron chi connectivity index (χ2n) is 8.81. The van der Waals surface area contributed by atoms with Gasteiger partial charge in [-0.1, -0.05) is 30.5 Å². The van der Waals surface area contributed by atoms with Crippen molar-refractivity contribution >= 4 is 46.7 Å². The van der Waals surface area contributed by atoms with Crippen molar-refractivity contribution in [3.05, 3.63) is 53.6 Å². The Bertz CT molecular complexity index is 1110. The Morgan fingerprint density at radius 2 is 1.58 bits per heavy atom. The van der Waals surface area contributed by atoms with Gasteiger partial charge in [0.05, 0.1) is 23.4 Å². The van der Waals surface area contributed by atoms with Crippen molar-refractivity contribution in [3.8, 4) is 5.75 Å². The van der Waals surface area contributed by atoms with Crippen molar-refractivity contribution in [3.63, 3.8) is 0 Å². The summed E-state index contributed by atoms with van der Waals surface area (Å²) in [4.78, 5) is 53.4. The van der Waals surface area contributed by atoms with E-state index in [-0.39, 0.29) is 42.5 Å². The summed E-state index contributed by atoms with van der Waals surface area (Å²) in [6.45, 7) is 0.218. The lowest BCUT2D eigenvalue weighted by Gasteiger charge is -2.19. The fourth-order valence-electron chi connectivity index (χ4n) is 5.04. The first-order chi connectivity index (χ1) is 15.9. The van der Waals surface area contributed by atoms with Crippen molar-refractivity contribution in [2.24, 2.45) is 17.8 Å². The number of rotatable bonds is 4.